The van der Waals surface area contributed by atoms with Gasteiger partial charge >= 0.3 is 5.69 Å². The van der Waals surface area contributed by atoms with E-state index >= 15 is 0 Å². The lowest BCUT2D eigenvalue weighted by Crippen LogP contribution is -2.11. The van der Waals surface area contributed by atoms with Crippen LogP contribution in [0.1, 0.15) is 16.7 Å². The summed E-state index contributed by atoms with van der Waals surface area (Å²) in [5.41, 5.74) is 3.62. The molecule has 0 amide bonds. The minimum absolute atomic E-state index is 0.138. The quantitative estimate of drug-likeness (QED) is 0.384. The van der Waals surface area contributed by atoms with Gasteiger partial charge in [0.15, 0.2) is 11.5 Å². The number of hydrogen-bond donors (Lipinski definition) is 2. The first-order valence-electron chi connectivity index (χ1n) is 9.70. The van der Waals surface area contributed by atoms with E-state index in [1.165, 1.54) is 6.33 Å². The molecular formula is C22H25N5O4. The number of hydrogen-bond acceptors (Lipinski definition) is 8. The van der Waals surface area contributed by atoms with Crippen LogP contribution in [0.3, 0.4) is 0 Å². The Balaban J connectivity index is 1.77. The van der Waals surface area contributed by atoms with E-state index in [0.717, 1.165) is 22.4 Å². The van der Waals surface area contributed by atoms with Crippen molar-refractivity contribution >= 4 is 23.0 Å². The summed E-state index contributed by atoms with van der Waals surface area (Å²) in [6, 6.07) is 11.5. The zero-order valence-electron chi connectivity index (χ0n) is 17.9. The molecule has 9 nitrogen and oxygen atoms in total. The number of aryl methyl sites for hydroxylation is 2. The molecule has 0 unspecified atom stereocenters. The summed E-state index contributed by atoms with van der Waals surface area (Å²) < 4.78 is 10.6. The van der Waals surface area contributed by atoms with Crippen molar-refractivity contribution in [2.45, 2.75) is 20.3 Å². The summed E-state index contributed by atoms with van der Waals surface area (Å²) in [4.78, 5) is 19.5. The van der Waals surface area contributed by atoms with Gasteiger partial charge in [-0.3, -0.25) is 10.1 Å². The normalized spacial score (nSPS) is 10.5. The number of aromatic nitrogens is 2. The Hall–Kier alpha value is -3.88. The van der Waals surface area contributed by atoms with Gasteiger partial charge in [-0.15, -0.1) is 0 Å². The summed E-state index contributed by atoms with van der Waals surface area (Å²) >= 11 is 0. The van der Waals surface area contributed by atoms with Gasteiger partial charge in [-0.1, -0.05) is 12.1 Å². The topological polar surface area (TPSA) is 111 Å². The fourth-order valence-corrected chi connectivity index (χ4v) is 3.32. The molecule has 0 bridgehead atoms. The van der Waals surface area contributed by atoms with Gasteiger partial charge < -0.3 is 20.1 Å². The SMILES string of the molecule is COc1ccc(CCNc2ncnc(Nc3cc(C)cc(C)c3)c2[N+](=O)[O-])cc1OC. The molecule has 3 rings (SSSR count). The summed E-state index contributed by atoms with van der Waals surface area (Å²) in [6.07, 6.45) is 1.91. The number of nitrogens with one attached hydrogen (secondary N) is 2. The van der Waals surface area contributed by atoms with Crippen molar-refractivity contribution in [1.82, 2.24) is 9.97 Å². The highest BCUT2D eigenvalue weighted by atomic mass is 16.6. The number of rotatable bonds is 9. The van der Waals surface area contributed by atoms with Gasteiger partial charge in [-0.25, -0.2) is 9.97 Å². The predicted octanol–water partition coefficient (Wildman–Crippen LogP) is 4.42. The summed E-state index contributed by atoms with van der Waals surface area (Å²) in [5.74, 6) is 1.58. The Bertz CT molecular complexity index is 1070. The van der Waals surface area contributed by atoms with Crippen molar-refractivity contribution in [3.05, 3.63) is 69.5 Å². The van der Waals surface area contributed by atoms with Gasteiger partial charge in [0.2, 0.25) is 11.6 Å². The maximum atomic E-state index is 11.8. The lowest BCUT2D eigenvalue weighted by Gasteiger charge is -2.12. The van der Waals surface area contributed by atoms with Crippen LogP contribution in [0.4, 0.5) is 23.0 Å². The summed E-state index contributed by atoms with van der Waals surface area (Å²) in [7, 11) is 3.16. The molecule has 0 aliphatic heterocycles. The largest absolute Gasteiger partial charge is 0.493 e. The summed E-state index contributed by atoms with van der Waals surface area (Å²) in [6.45, 7) is 4.37. The van der Waals surface area contributed by atoms with Crippen LogP contribution in [0.2, 0.25) is 0 Å². The van der Waals surface area contributed by atoms with E-state index in [9.17, 15) is 10.1 Å². The summed E-state index contributed by atoms with van der Waals surface area (Å²) in [5, 5.41) is 17.9. The Morgan fingerprint density at radius 1 is 0.968 bits per heavy atom. The molecule has 0 aliphatic rings. The van der Waals surface area contributed by atoms with Gasteiger partial charge in [0.1, 0.15) is 6.33 Å². The fourth-order valence-electron chi connectivity index (χ4n) is 3.32. The van der Waals surface area contributed by atoms with Crippen LogP contribution in [0.5, 0.6) is 11.5 Å². The maximum Gasteiger partial charge on any atom is 0.353 e. The molecule has 0 saturated heterocycles. The van der Waals surface area contributed by atoms with E-state index in [2.05, 4.69) is 20.6 Å². The van der Waals surface area contributed by atoms with E-state index in [4.69, 9.17) is 9.47 Å². The van der Waals surface area contributed by atoms with Crippen LogP contribution in [-0.2, 0) is 6.42 Å². The predicted molar refractivity (Wildman–Crippen MR) is 120 cm³/mol. The van der Waals surface area contributed by atoms with Crippen LogP contribution in [-0.4, -0.2) is 35.7 Å². The molecule has 162 valence electrons. The molecule has 3 aromatic rings. The molecule has 0 aliphatic carbocycles. The number of anilines is 3. The zero-order chi connectivity index (χ0) is 22.4. The van der Waals surface area contributed by atoms with Gasteiger partial charge in [0.05, 0.1) is 19.1 Å². The molecule has 1 aromatic heterocycles. The molecule has 2 N–H and O–H groups in total. The minimum Gasteiger partial charge on any atom is -0.493 e. The van der Waals surface area contributed by atoms with Gasteiger partial charge in [0.25, 0.3) is 0 Å². The highest BCUT2D eigenvalue weighted by Gasteiger charge is 2.23. The van der Waals surface area contributed by atoms with Crippen molar-refractivity contribution < 1.29 is 14.4 Å². The monoisotopic (exact) mass is 423 g/mol. The van der Waals surface area contributed by atoms with Crippen molar-refractivity contribution in [2.24, 2.45) is 0 Å². The van der Waals surface area contributed by atoms with Crippen LogP contribution < -0.4 is 20.1 Å². The van der Waals surface area contributed by atoms with Gasteiger partial charge in [0, 0.05) is 12.2 Å². The number of benzene rings is 2. The number of nitro groups is 1. The first-order valence-corrected chi connectivity index (χ1v) is 9.70. The second kappa shape index (κ2) is 9.75. The Kier molecular flexibility index (Phi) is 6.86. The van der Waals surface area contributed by atoms with Crippen LogP contribution >= 0.6 is 0 Å². The molecule has 0 fully saturated rings. The Morgan fingerprint density at radius 3 is 2.29 bits per heavy atom. The average molecular weight is 423 g/mol. The molecule has 0 atom stereocenters. The fraction of sp³-hybridized carbons (Fsp3) is 0.273. The Morgan fingerprint density at radius 2 is 1.65 bits per heavy atom. The zero-order valence-corrected chi connectivity index (χ0v) is 17.9. The van der Waals surface area contributed by atoms with Gasteiger partial charge in [-0.05, 0) is 61.2 Å². The van der Waals surface area contributed by atoms with E-state index in [1.54, 1.807) is 14.2 Å². The molecule has 0 saturated carbocycles. The van der Waals surface area contributed by atoms with Crippen molar-refractivity contribution in [1.29, 1.82) is 0 Å². The van der Waals surface area contributed by atoms with Crippen LogP contribution in [0.15, 0.2) is 42.7 Å². The third kappa shape index (κ3) is 5.39. The first kappa shape index (κ1) is 21.8. The van der Waals surface area contributed by atoms with E-state index in [0.29, 0.717) is 24.5 Å². The van der Waals surface area contributed by atoms with Gasteiger partial charge in [-0.2, -0.15) is 0 Å². The second-order valence-corrected chi connectivity index (χ2v) is 7.04. The van der Waals surface area contributed by atoms with E-state index in [1.807, 2.05) is 50.2 Å². The number of methoxy groups -OCH3 is 2. The smallest absolute Gasteiger partial charge is 0.353 e. The molecular weight excluding hydrogens is 398 g/mol. The third-order valence-corrected chi connectivity index (χ3v) is 4.64. The molecule has 31 heavy (non-hydrogen) atoms. The number of nitrogens with zero attached hydrogens (tertiary/aromatic N) is 3. The van der Waals surface area contributed by atoms with E-state index < -0.39 is 4.92 Å². The van der Waals surface area contributed by atoms with Crippen LogP contribution in [0.25, 0.3) is 0 Å². The standard InChI is InChI=1S/C22H25N5O4/c1-14-9-15(2)11-17(10-14)26-22-20(27(28)29)21(24-13-25-22)23-8-7-16-5-6-18(30-3)19(12-16)31-4/h5-6,9-13H,7-8H2,1-4H3,(H2,23,24,25,26). The minimum atomic E-state index is -0.482. The second-order valence-electron chi connectivity index (χ2n) is 7.04. The Labute approximate surface area is 180 Å². The van der Waals surface area contributed by atoms with E-state index in [-0.39, 0.29) is 17.3 Å². The van der Waals surface area contributed by atoms with Crippen molar-refractivity contribution in [2.75, 3.05) is 31.4 Å². The van der Waals surface area contributed by atoms with Crippen molar-refractivity contribution in [3.63, 3.8) is 0 Å². The first-order chi connectivity index (χ1) is 14.9. The highest BCUT2D eigenvalue weighted by molar-refractivity contribution is 5.74. The molecule has 0 radical (unpaired) electrons. The lowest BCUT2D eigenvalue weighted by molar-refractivity contribution is -0.383. The molecule has 0 spiro atoms. The highest BCUT2D eigenvalue weighted by Crippen LogP contribution is 2.32. The third-order valence-electron chi connectivity index (χ3n) is 4.64. The maximum absolute atomic E-state index is 11.8. The van der Waals surface area contributed by atoms with Crippen molar-refractivity contribution in [3.8, 4) is 11.5 Å². The molecule has 1 heterocycles. The number of ether oxygens (including phenoxy) is 2. The average Bonchev–Trinajstić information content (AvgIpc) is 2.72. The lowest BCUT2D eigenvalue weighted by atomic mass is 10.1. The molecule has 9 heteroatoms. The van der Waals surface area contributed by atoms with Crippen LogP contribution in [0, 0.1) is 24.0 Å². The molecule has 2 aromatic carbocycles.